The second-order valence-corrected chi connectivity index (χ2v) is 3.89. The topological polar surface area (TPSA) is 81.4 Å². The maximum absolute atomic E-state index is 9.63. The van der Waals surface area contributed by atoms with Crippen LogP contribution >= 0.6 is 0 Å². The fraction of sp³-hybridized carbons (Fsp3) is 0.818. The van der Waals surface area contributed by atoms with Crippen molar-refractivity contribution in [2.45, 2.75) is 26.1 Å². The van der Waals surface area contributed by atoms with E-state index in [0.717, 1.165) is 12.4 Å². The molecular formula is C11H22N4O3. The molecule has 1 aromatic rings. The molecule has 2 N–H and O–H groups in total. The highest BCUT2D eigenvalue weighted by molar-refractivity contribution is 4.84. The lowest BCUT2D eigenvalue weighted by molar-refractivity contribution is 0.0136. The van der Waals surface area contributed by atoms with Crippen molar-refractivity contribution in [1.29, 1.82) is 0 Å². The van der Waals surface area contributed by atoms with E-state index < -0.39 is 6.10 Å². The molecule has 0 amide bonds. The van der Waals surface area contributed by atoms with Gasteiger partial charge < -0.3 is 24.5 Å². The quantitative estimate of drug-likeness (QED) is 0.546. The van der Waals surface area contributed by atoms with Gasteiger partial charge >= 0.3 is 0 Å². The third-order valence-corrected chi connectivity index (χ3v) is 2.44. The summed E-state index contributed by atoms with van der Waals surface area (Å²) in [5.41, 5.74) is 0. The zero-order valence-electron chi connectivity index (χ0n) is 11.0. The van der Waals surface area contributed by atoms with Gasteiger partial charge in [-0.25, -0.2) is 0 Å². The second kappa shape index (κ2) is 8.98. The molecule has 0 fully saturated rings. The monoisotopic (exact) mass is 258 g/mol. The van der Waals surface area contributed by atoms with Crippen molar-refractivity contribution in [3.05, 3.63) is 12.2 Å². The number of hydrogen-bond acceptors (Lipinski definition) is 6. The van der Waals surface area contributed by atoms with Crippen LogP contribution in [0.5, 0.6) is 0 Å². The number of nitrogens with one attached hydrogen (secondary N) is 1. The Balaban J connectivity index is 2.10. The van der Waals surface area contributed by atoms with Crippen molar-refractivity contribution in [1.82, 2.24) is 20.1 Å². The highest BCUT2D eigenvalue weighted by atomic mass is 16.5. The van der Waals surface area contributed by atoms with Crippen LogP contribution in [0.1, 0.15) is 12.7 Å². The zero-order chi connectivity index (χ0) is 13.2. The first-order valence-corrected chi connectivity index (χ1v) is 6.10. The first-order valence-electron chi connectivity index (χ1n) is 6.10. The summed E-state index contributed by atoms with van der Waals surface area (Å²) in [5, 5.41) is 20.6. The minimum atomic E-state index is -0.528. The fourth-order valence-corrected chi connectivity index (χ4v) is 1.45. The highest BCUT2D eigenvalue weighted by Gasteiger charge is 2.06. The van der Waals surface area contributed by atoms with Gasteiger partial charge in [-0.15, -0.1) is 10.2 Å². The molecule has 0 saturated heterocycles. The van der Waals surface area contributed by atoms with Crippen LogP contribution in [0, 0.1) is 0 Å². The number of aliphatic hydroxyl groups excluding tert-OH is 1. The molecule has 0 saturated carbocycles. The number of aryl methyl sites for hydroxylation is 1. The van der Waals surface area contributed by atoms with Gasteiger partial charge in [0.25, 0.3) is 0 Å². The van der Waals surface area contributed by atoms with E-state index in [0.29, 0.717) is 32.9 Å². The van der Waals surface area contributed by atoms with Crippen molar-refractivity contribution in [2.75, 3.05) is 33.5 Å². The average Bonchev–Trinajstić information content (AvgIpc) is 2.82. The molecule has 0 aromatic carbocycles. The molecule has 1 unspecified atom stereocenters. The predicted molar refractivity (Wildman–Crippen MR) is 66.1 cm³/mol. The van der Waals surface area contributed by atoms with Crippen molar-refractivity contribution < 1.29 is 14.6 Å². The van der Waals surface area contributed by atoms with E-state index in [2.05, 4.69) is 15.5 Å². The van der Waals surface area contributed by atoms with Gasteiger partial charge in [0.05, 0.1) is 32.5 Å². The highest BCUT2D eigenvalue weighted by Crippen LogP contribution is 1.94. The first kappa shape index (κ1) is 15.0. The van der Waals surface area contributed by atoms with Gasteiger partial charge in [0.1, 0.15) is 12.2 Å². The van der Waals surface area contributed by atoms with E-state index in [-0.39, 0.29) is 0 Å². The maximum atomic E-state index is 9.63. The van der Waals surface area contributed by atoms with E-state index >= 15 is 0 Å². The van der Waals surface area contributed by atoms with Gasteiger partial charge in [0.15, 0.2) is 0 Å². The summed E-state index contributed by atoms with van der Waals surface area (Å²) in [7, 11) is 1.62. The SMILES string of the molecule is CCn1cnnc1CNCC(O)COCCOC. The molecule has 18 heavy (non-hydrogen) atoms. The number of rotatable bonds is 10. The van der Waals surface area contributed by atoms with Gasteiger partial charge in [-0.2, -0.15) is 0 Å². The van der Waals surface area contributed by atoms with Crippen LogP contribution in [0.4, 0.5) is 0 Å². The largest absolute Gasteiger partial charge is 0.389 e. The molecule has 1 heterocycles. The number of aliphatic hydroxyl groups is 1. The molecule has 0 aliphatic carbocycles. The van der Waals surface area contributed by atoms with Gasteiger partial charge in [0.2, 0.25) is 0 Å². The molecule has 0 bridgehead atoms. The summed E-state index contributed by atoms with van der Waals surface area (Å²) in [4.78, 5) is 0. The Morgan fingerprint density at radius 1 is 1.50 bits per heavy atom. The normalized spacial score (nSPS) is 12.8. The van der Waals surface area contributed by atoms with Crippen LogP contribution in [0.2, 0.25) is 0 Å². The Morgan fingerprint density at radius 2 is 2.33 bits per heavy atom. The van der Waals surface area contributed by atoms with Gasteiger partial charge in [-0.05, 0) is 6.92 Å². The lowest BCUT2D eigenvalue weighted by Gasteiger charge is -2.12. The maximum Gasteiger partial charge on any atom is 0.146 e. The predicted octanol–water partition coefficient (Wildman–Crippen LogP) is -0.588. The molecule has 1 atom stereocenters. The zero-order valence-corrected chi connectivity index (χ0v) is 11.0. The molecule has 0 radical (unpaired) electrons. The van der Waals surface area contributed by atoms with Gasteiger partial charge in [-0.3, -0.25) is 0 Å². The standard InChI is InChI=1S/C11H22N4O3/c1-3-15-9-13-14-11(15)7-12-6-10(16)8-18-5-4-17-2/h9-10,12,16H,3-8H2,1-2H3. The molecular weight excluding hydrogens is 236 g/mol. The smallest absolute Gasteiger partial charge is 0.146 e. The van der Waals surface area contributed by atoms with Crippen LogP contribution in [-0.4, -0.2) is 59.5 Å². The molecule has 104 valence electrons. The van der Waals surface area contributed by atoms with Crippen molar-refractivity contribution in [3.8, 4) is 0 Å². The lowest BCUT2D eigenvalue weighted by Crippen LogP contribution is -2.31. The van der Waals surface area contributed by atoms with Gasteiger partial charge in [-0.1, -0.05) is 0 Å². The molecule has 1 rings (SSSR count). The second-order valence-electron chi connectivity index (χ2n) is 3.89. The summed E-state index contributed by atoms with van der Waals surface area (Å²) in [5.74, 6) is 0.866. The minimum Gasteiger partial charge on any atom is -0.389 e. The van der Waals surface area contributed by atoms with E-state index in [4.69, 9.17) is 9.47 Å². The molecule has 0 aliphatic heterocycles. The number of hydrogen-bond donors (Lipinski definition) is 2. The molecule has 0 aliphatic rings. The number of methoxy groups -OCH3 is 1. The summed E-state index contributed by atoms with van der Waals surface area (Å²) >= 11 is 0. The molecule has 0 spiro atoms. The Kier molecular flexibility index (Phi) is 7.51. The van der Waals surface area contributed by atoms with Crippen LogP contribution in [0.25, 0.3) is 0 Å². The van der Waals surface area contributed by atoms with E-state index in [1.807, 2.05) is 11.5 Å². The summed E-state index contributed by atoms with van der Waals surface area (Å²) < 4.78 is 12.0. The first-order chi connectivity index (χ1) is 8.77. The average molecular weight is 258 g/mol. The Labute approximate surface area is 107 Å². The van der Waals surface area contributed by atoms with E-state index in [1.54, 1.807) is 13.4 Å². The van der Waals surface area contributed by atoms with Crippen LogP contribution < -0.4 is 5.32 Å². The molecule has 1 aromatic heterocycles. The number of ether oxygens (including phenoxy) is 2. The summed E-state index contributed by atoms with van der Waals surface area (Å²) in [6.07, 6.45) is 1.17. The van der Waals surface area contributed by atoms with Crippen molar-refractivity contribution in [2.24, 2.45) is 0 Å². The Hall–Kier alpha value is -1.02. The van der Waals surface area contributed by atoms with Crippen molar-refractivity contribution >= 4 is 0 Å². The number of nitrogens with zero attached hydrogens (tertiary/aromatic N) is 3. The number of aromatic nitrogens is 3. The fourth-order valence-electron chi connectivity index (χ4n) is 1.45. The third kappa shape index (κ3) is 5.54. The summed E-state index contributed by atoms with van der Waals surface area (Å²) in [6, 6.07) is 0. The molecule has 7 heteroatoms. The van der Waals surface area contributed by atoms with Crippen LogP contribution in [0.3, 0.4) is 0 Å². The Morgan fingerprint density at radius 3 is 3.06 bits per heavy atom. The summed E-state index contributed by atoms with van der Waals surface area (Å²) in [6.45, 7) is 5.26. The van der Waals surface area contributed by atoms with Gasteiger partial charge in [0, 0.05) is 20.2 Å². The lowest BCUT2D eigenvalue weighted by atomic mass is 10.3. The Bertz CT molecular complexity index is 319. The van der Waals surface area contributed by atoms with E-state index in [1.165, 1.54) is 0 Å². The third-order valence-electron chi connectivity index (χ3n) is 2.44. The van der Waals surface area contributed by atoms with Crippen molar-refractivity contribution in [3.63, 3.8) is 0 Å². The van der Waals surface area contributed by atoms with Crippen LogP contribution in [0.15, 0.2) is 6.33 Å². The van der Waals surface area contributed by atoms with E-state index in [9.17, 15) is 5.11 Å². The molecule has 7 nitrogen and oxygen atoms in total. The minimum absolute atomic E-state index is 0.302. The van der Waals surface area contributed by atoms with Crippen LogP contribution in [-0.2, 0) is 22.6 Å².